The van der Waals surface area contributed by atoms with Crippen LogP contribution < -0.4 is 15.8 Å². The number of hydrogen-bond donors (Lipinski definition) is 2. The summed E-state index contributed by atoms with van der Waals surface area (Å²) in [6.45, 7) is 0.857. The van der Waals surface area contributed by atoms with Crippen LogP contribution in [0.25, 0.3) is 0 Å². The van der Waals surface area contributed by atoms with E-state index in [2.05, 4.69) is 5.32 Å². The predicted octanol–water partition coefficient (Wildman–Crippen LogP) is 2.52. The second-order valence-electron chi connectivity index (χ2n) is 6.75. The number of likely N-dealkylation sites (tertiary alicyclic amines) is 1. The molecule has 1 aromatic carbocycles. The number of carbonyl (C=O) groups is 2. The van der Waals surface area contributed by atoms with Crippen LogP contribution >= 0.6 is 12.4 Å². The van der Waals surface area contributed by atoms with E-state index in [1.165, 1.54) is 0 Å². The van der Waals surface area contributed by atoms with E-state index < -0.39 is 36.9 Å². The smallest absolute Gasteiger partial charge is 0.277 e. The largest absolute Gasteiger partial charge is 0.497 e. The molecular weight excluding hydrogens is 392 g/mol. The number of benzene rings is 1. The van der Waals surface area contributed by atoms with Crippen molar-refractivity contribution in [2.75, 3.05) is 26.7 Å². The highest BCUT2D eigenvalue weighted by molar-refractivity contribution is 5.90. The molecule has 1 heterocycles. The summed E-state index contributed by atoms with van der Waals surface area (Å²) >= 11 is 0. The van der Waals surface area contributed by atoms with Crippen LogP contribution in [0.3, 0.4) is 0 Å². The van der Waals surface area contributed by atoms with Gasteiger partial charge in [0.1, 0.15) is 5.75 Å². The fourth-order valence-electron chi connectivity index (χ4n) is 3.25. The molecule has 9 heteroatoms. The summed E-state index contributed by atoms with van der Waals surface area (Å²) in [5.41, 5.74) is 5.80. The van der Waals surface area contributed by atoms with Crippen LogP contribution in [-0.2, 0) is 9.59 Å². The fraction of sp³-hybridized carbons (Fsp3) is 0.579. The minimum atomic E-state index is -3.17. The van der Waals surface area contributed by atoms with Gasteiger partial charge in [0.05, 0.1) is 32.2 Å². The molecule has 0 aromatic heterocycles. The van der Waals surface area contributed by atoms with Gasteiger partial charge in [-0.3, -0.25) is 9.59 Å². The summed E-state index contributed by atoms with van der Waals surface area (Å²) < 4.78 is 31.9. The van der Waals surface area contributed by atoms with Gasteiger partial charge in [0.2, 0.25) is 11.8 Å². The van der Waals surface area contributed by atoms with Gasteiger partial charge >= 0.3 is 0 Å². The Labute approximate surface area is 170 Å². The highest BCUT2D eigenvalue weighted by Gasteiger charge is 2.44. The molecular formula is C19H28ClF2N3O3. The van der Waals surface area contributed by atoms with Crippen molar-refractivity contribution in [2.24, 2.45) is 11.7 Å². The number of nitrogens with zero attached hydrogens (tertiary/aromatic N) is 1. The van der Waals surface area contributed by atoms with Crippen molar-refractivity contribution in [2.45, 2.75) is 38.2 Å². The highest BCUT2D eigenvalue weighted by atomic mass is 35.5. The summed E-state index contributed by atoms with van der Waals surface area (Å²) in [6.07, 6.45) is 1.71. The summed E-state index contributed by atoms with van der Waals surface area (Å²) in [6, 6.07) is 6.63. The van der Waals surface area contributed by atoms with E-state index in [1.807, 2.05) is 6.92 Å². The number of unbranched alkanes of at least 4 members (excludes halogenated alkanes) is 1. The van der Waals surface area contributed by atoms with Gasteiger partial charge in [-0.1, -0.05) is 25.5 Å². The van der Waals surface area contributed by atoms with E-state index in [4.69, 9.17) is 10.5 Å². The maximum atomic E-state index is 13.4. The van der Waals surface area contributed by atoms with Crippen LogP contribution in [0.4, 0.5) is 8.78 Å². The predicted molar refractivity (Wildman–Crippen MR) is 105 cm³/mol. The van der Waals surface area contributed by atoms with Gasteiger partial charge in [0, 0.05) is 13.0 Å². The zero-order valence-electron chi connectivity index (χ0n) is 16.1. The van der Waals surface area contributed by atoms with Gasteiger partial charge in [-0.05, 0) is 24.1 Å². The maximum absolute atomic E-state index is 13.4. The van der Waals surface area contributed by atoms with E-state index >= 15 is 0 Å². The lowest BCUT2D eigenvalue weighted by Crippen LogP contribution is -2.44. The first kappa shape index (κ1) is 24.1. The molecule has 1 aliphatic rings. The monoisotopic (exact) mass is 419 g/mol. The number of nitrogens with two attached hydrogens (primary N) is 1. The SMILES string of the molecule is CCCCN1C(=O)CC(C(=O)NCC(F)(F)CN)C1c1ccc(OC)cc1.Cl. The lowest BCUT2D eigenvalue weighted by atomic mass is 9.92. The van der Waals surface area contributed by atoms with Crippen LogP contribution in [0.15, 0.2) is 24.3 Å². The number of amides is 2. The second-order valence-corrected chi connectivity index (χ2v) is 6.75. The molecule has 2 unspecified atom stereocenters. The molecule has 1 aromatic rings. The van der Waals surface area contributed by atoms with Crippen molar-refractivity contribution >= 4 is 24.2 Å². The summed E-state index contributed by atoms with van der Waals surface area (Å²) in [5.74, 6) is -3.94. The number of carbonyl (C=O) groups excluding carboxylic acids is 2. The van der Waals surface area contributed by atoms with Crippen LogP contribution in [0, 0.1) is 5.92 Å². The van der Waals surface area contributed by atoms with Crippen molar-refractivity contribution < 1.29 is 23.1 Å². The van der Waals surface area contributed by atoms with Crippen LogP contribution in [0.5, 0.6) is 5.75 Å². The second kappa shape index (κ2) is 10.6. The van der Waals surface area contributed by atoms with E-state index in [-0.39, 0.29) is 24.7 Å². The third kappa shape index (κ3) is 5.78. The zero-order valence-corrected chi connectivity index (χ0v) is 16.9. The van der Waals surface area contributed by atoms with E-state index in [9.17, 15) is 18.4 Å². The average Bonchev–Trinajstić information content (AvgIpc) is 3.00. The van der Waals surface area contributed by atoms with Crippen molar-refractivity contribution in [1.29, 1.82) is 0 Å². The third-order valence-corrected chi connectivity index (χ3v) is 4.80. The average molecular weight is 420 g/mol. The Kier molecular flexibility index (Phi) is 9.10. The van der Waals surface area contributed by atoms with Crippen LogP contribution in [0.2, 0.25) is 0 Å². The Bertz CT molecular complexity index is 658. The molecule has 0 saturated carbocycles. The summed E-state index contributed by atoms with van der Waals surface area (Å²) in [4.78, 5) is 26.8. The van der Waals surface area contributed by atoms with Gasteiger partial charge in [0.25, 0.3) is 5.92 Å². The Hall–Kier alpha value is -1.93. The van der Waals surface area contributed by atoms with Crippen molar-refractivity contribution in [3.05, 3.63) is 29.8 Å². The first-order chi connectivity index (χ1) is 12.8. The normalized spacial score (nSPS) is 19.3. The molecule has 0 radical (unpaired) electrons. The van der Waals surface area contributed by atoms with E-state index in [0.29, 0.717) is 12.3 Å². The molecule has 2 amide bonds. The lowest BCUT2D eigenvalue weighted by molar-refractivity contribution is -0.129. The molecule has 0 aliphatic carbocycles. The molecule has 3 N–H and O–H groups in total. The van der Waals surface area contributed by atoms with Gasteiger partial charge < -0.3 is 20.7 Å². The number of ether oxygens (including phenoxy) is 1. The summed E-state index contributed by atoms with van der Waals surface area (Å²) in [5, 5.41) is 2.26. The highest BCUT2D eigenvalue weighted by Crippen LogP contribution is 2.39. The molecule has 1 saturated heterocycles. The van der Waals surface area contributed by atoms with Crippen LogP contribution in [-0.4, -0.2) is 49.4 Å². The van der Waals surface area contributed by atoms with E-state index in [1.54, 1.807) is 36.3 Å². The molecule has 1 aliphatic heterocycles. The van der Waals surface area contributed by atoms with Gasteiger partial charge in [0.15, 0.2) is 0 Å². The first-order valence-electron chi connectivity index (χ1n) is 9.12. The summed E-state index contributed by atoms with van der Waals surface area (Å²) in [7, 11) is 1.55. The molecule has 6 nitrogen and oxygen atoms in total. The number of halogens is 3. The lowest BCUT2D eigenvalue weighted by Gasteiger charge is -2.28. The maximum Gasteiger partial charge on any atom is 0.277 e. The van der Waals surface area contributed by atoms with Gasteiger partial charge in [-0.2, -0.15) is 0 Å². The Balaban J connectivity index is 0.00000392. The molecule has 0 spiro atoms. The quantitative estimate of drug-likeness (QED) is 0.644. The van der Waals surface area contributed by atoms with Crippen molar-refractivity contribution in [3.63, 3.8) is 0 Å². The Morgan fingerprint density at radius 3 is 2.54 bits per heavy atom. The zero-order chi connectivity index (χ0) is 20.0. The third-order valence-electron chi connectivity index (χ3n) is 4.80. The minimum Gasteiger partial charge on any atom is -0.497 e. The number of rotatable bonds is 9. The van der Waals surface area contributed by atoms with Crippen molar-refractivity contribution in [3.8, 4) is 5.75 Å². The molecule has 2 atom stereocenters. The topological polar surface area (TPSA) is 84.7 Å². The number of hydrogen-bond acceptors (Lipinski definition) is 4. The number of nitrogens with one attached hydrogen (secondary N) is 1. The molecule has 2 rings (SSSR count). The van der Waals surface area contributed by atoms with Crippen molar-refractivity contribution in [1.82, 2.24) is 10.2 Å². The molecule has 1 fully saturated rings. The Morgan fingerprint density at radius 1 is 1.36 bits per heavy atom. The molecule has 158 valence electrons. The molecule has 28 heavy (non-hydrogen) atoms. The number of methoxy groups -OCH3 is 1. The molecule has 0 bridgehead atoms. The standard InChI is InChI=1S/C19H27F2N3O3.ClH/c1-3-4-9-24-16(25)10-15(18(26)23-12-19(20,21)11-22)17(24)13-5-7-14(27-2)8-6-13;/h5-8,15,17H,3-4,9-12,22H2,1-2H3,(H,23,26);1H. The fourth-order valence-corrected chi connectivity index (χ4v) is 3.25. The van der Waals surface area contributed by atoms with Gasteiger partial charge in [-0.15, -0.1) is 12.4 Å². The minimum absolute atomic E-state index is 0. The van der Waals surface area contributed by atoms with Crippen LogP contribution in [0.1, 0.15) is 37.8 Å². The van der Waals surface area contributed by atoms with Gasteiger partial charge in [-0.25, -0.2) is 8.78 Å². The van der Waals surface area contributed by atoms with E-state index in [0.717, 1.165) is 18.4 Å². The Morgan fingerprint density at radius 2 is 2.00 bits per heavy atom. The number of alkyl halides is 2. The first-order valence-corrected chi connectivity index (χ1v) is 9.12.